The summed E-state index contributed by atoms with van der Waals surface area (Å²) in [6, 6.07) is 10.1. The Labute approximate surface area is 167 Å². The average molecular weight is 390 g/mol. The lowest BCUT2D eigenvalue weighted by atomic mass is 10.1. The number of oxazole rings is 1. The van der Waals surface area contributed by atoms with E-state index in [1.807, 2.05) is 59.8 Å². The first kappa shape index (κ1) is 17.9. The molecule has 4 heterocycles. The van der Waals surface area contributed by atoms with Gasteiger partial charge in [0.2, 0.25) is 0 Å². The summed E-state index contributed by atoms with van der Waals surface area (Å²) in [5.41, 5.74) is 4.90. The molecule has 1 saturated heterocycles. The molecule has 0 saturated carbocycles. The number of benzene rings is 1. The van der Waals surface area contributed by atoms with E-state index in [1.165, 1.54) is 0 Å². The number of amides is 1. The van der Waals surface area contributed by atoms with Crippen molar-refractivity contribution < 1.29 is 13.9 Å². The maximum Gasteiger partial charge on any atom is 0.272 e. The van der Waals surface area contributed by atoms with Gasteiger partial charge in [0, 0.05) is 39.4 Å². The van der Waals surface area contributed by atoms with Crippen LogP contribution in [0.4, 0.5) is 0 Å². The summed E-state index contributed by atoms with van der Waals surface area (Å²) in [4.78, 5) is 23.8. The van der Waals surface area contributed by atoms with Gasteiger partial charge in [0.25, 0.3) is 5.91 Å². The predicted octanol–water partition coefficient (Wildman–Crippen LogP) is 3.70. The molecule has 0 aliphatic carbocycles. The minimum absolute atomic E-state index is 0.0240. The van der Waals surface area contributed by atoms with Gasteiger partial charge in [-0.25, -0.2) is 9.97 Å². The number of hydrogen-bond acceptors (Lipinski definition) is 5. The lowest BCUT2D eigenvalue weighted by molar-refractivity contribution is 0.0358. The van der Waals surface area contributed by atoms with Gasteiger partial charge in [0.05, 0.1) is 6.20 Å². The van der Waals surface area contributed by atoms with Gasteiger partial charge in [-0.1, -0.05) is 6.07 Å². The lowest BCUT2D eigenvalue weighted by Crippen LogP contribution is -2.41. The zero-order chi connectivity index (χ0) is 20.0. The van der Waals surface area contributed by atoms with Crippen molar-refractivity contribution in [1.29, 1.82) is 0 Å². The first-order valence-corrected chi connectivity index (χ1v) is 9.80. The molecule has 4 aromatic rings. The van der Waals surface area contributed by atoms with Crippen LogP contribution in [0.5, 0.6) is 0 Å². The van der Waals surface area contributed by atoms with Crippen molar-refractivity contribution in [2.24, 2.45) is 0 Å². The van der Waals surface area contributed by atoms with Crippen LogP contribution in [-0.4, -0.2) is 51.5 Å². The molecule has 3 aromatic heterocycles. The second-order valence-corrected chi connectivity index (χ2v) is 7.46. The van der Waals surface area contributed by atoms with E-state index in [-0.39, 0.29) is 11.9 Å². The van der Waals surface area contributed by atoms with E-state index in [2.05, 4.69) is 9.97 Å². The van der Waals surface area contributed by atoms with Crippen molar-refractivity contribution in [3.05, 3.63) is 54.3 Å². The Kier molecular flexibility index (Phi) is 4.32. The highest BCUT2D eigenvalue weighted by atomic mass is 16.5. The van der Waals surface area contributed by atoms with Crippen LogP contribution in [-0.2, 0) is 4.74 Å². The molecule has 0 unspecified atom stereocenters. The molecule has 5 rings (SSSR count). The molecule has 0 radical (unpaired) electrons. The predicted molar refractivity (Wildman–Crippen MR) is 109 cm³/mol. The standard InChI is InChI=1S/C22H22N4O3/c1-14-24-18-11-15(3-5-20(18)29-14)16-4-6-21-23-12-19(26(21)13-16)22(27)25(2)17-7-9-28-10-8-17/h3-6,11-13,17H,7-10H2,1-2H3. The summed E-state index contributed by atoms with van der Waals surface area (Å²) < 4.78 is 12.9. The fourth-order valence-corrected chi connectivity index (χ4v) is 3.95. The highest BCUT2D eigenvalue weighted by Crippen LogP contribution is 2.26. The molecule has 1 amide bonds. The number of ether oxygens (including phenoxy) is 1. The quantitative estimate of drug-likeness (QED) is 0.533. The zero-order valence-corrected chi connectivity index (χ0v) is 16.5. The van der Waals surface area contributed by atoms with Crippen LogP contribution in [0.15, 0.2) is 47.1 Å². The van der Waals surface area contributed by atoms with Crippen molar-refractivity contribution in [1.82, 2.24) is 19.3 Å². The zero-order valence-electron chi connectivity index (χ0n) is 16.5. The van der Waals surface area contributed by atoms with E-state index in [9.17, 15) is 4.79 Å². The number of fused-ring (bicyclic) bond motifs is 2. The van der Waals surface area contributed by atoms with Gasteiger partial charge in [0.15, 0.2) is 11.5 Å². The van der Waals surface area contributed by atoms with Gasteiger partial charge in [0.1, 0.15) is 16.9 Å². The second kappa shape index (κ2) is 7.00. The van der Waals surface area contributed by atoms with Crippen LogP contribution in [0.1, 0.15) is 29.2 Å². The monoisotopic (exact) mass is 390 g/mol. The second-order valence-electron chi connectivity index (χ2n) is 7.46. The lowest BCUT2D eigenvalue weighted by Gasteiger charge is -2.31. The van der Waals surface area contributed by atoms with Gasteiger partial charge < -0.3 is 14.1 Å². The summed E-state index contributed by atoms with van der Waals surface area (Å²) in [6.07, 6.45) is 5.34. The van der Waals surface area contributed by atoms with Crippen molar-refractivity contribution in [3.8, 4) is 11.1 Å². The third-order valence-corrected chi connectivity index (χ3v) is 5.61. The Balaban J connectivity index is 1.51. The molecule has 7 heteroatoms. The molecular formula is C22H22N4O3. The highest BCUT2D eigenvalue weighted by Gasteiger charge is 2.25. The van der Waals surface area contributed by atoms with Gasteiger partial charge in [-0.3, -0.25) is 9.20 Å². The highest BCUT2D eigenvalue weighted by molar-refractivity contribution is 5.93. The van der Waals surface area contributed by atoms with Crippen LogP contribution in [0.2, 0.25) is 0 Å². The number of nitrogens with zero attached hydrogens (tertiary/aromatic N) is 4. The van der Waals surface area contributed by atoms with Crippen LogP contribution in [0.3, 0.4) is 0 Å². The van der Waals surface area contributed by atoms with Gasteiger partial charge in [-0.15, -0.1) is 0 Å². The molecule has 1 aliphatic rings. The first-order chi connectivity index (χ1) is 14.1. The van der Waals surface area contributed by atoms with Crippen LogP contribution >= 0.6 is 0 Å². The van der Waals surface area contributed by atoms with Crippen molar-refractivity contribution in [2.45, 2.75) is 25.8 Å². The minimum Gasteiger partial charge on any atom is -0.441 e. The summed E-state index contributed by atoms with van der Waals surface area (Å²) in [5.74, 6) is 0.621. The maximum absolute atomic E-state index is 13.1. The van der Waals surface area contributed by atoms with Gasteiger partial charge in [-0.2, -0.15) is 0 Å². The Morgan fingerprint density at radius 3 is 2.79 bits per heavy atom. The van der Waals surface area contributed by atoms with E-state index in [0.29, 0.717) is 24.8 Å². The third-order valence-electron chi connectivity index (χ3n) is 5.61. The molecule has 0 bridgehead atoms. The largest absolute Gasteiger partial charge is 0.441 e. The van der Waals surface area contributed by atoms with E-state index >= 15 is 0 Å². The van der Waals surface area contributed by atoms with Crippen LogP contribution < -0.4 is 0 Å². The SMILES string of the molecule is Cc1nc2cc(-c3ccc4ncc(C(=O)N(C)C5CCOCC5)n4c3)ccc2o1. The Bertz CT molecular complexity index is 1200. The molecule has 1 aromatic carbocycles. The molecule has 0 N–H and O–H groups in total. The van der Waals surface area contributed by atoms with Gasteiger partial charge in [-0.05, 0) is 48.2 Å². The van der Waals surface area contributed by atoms with E-state index < -0.39 is 0 Å². The number of rotatable bonds is 3. The van der Waals surface area contributed by atoms with E-state index in [0.717, 1.165) is 40.7 Å². The number of carbonyl (C=O) groups is 1. The number of carbonyl (C=O) groups excluding carboxylic acids is 1. The molecule has 1 aliphatic heterocycles. The number of aromatic nitrogens is 3. The first-order valence-electron chi connectivity index (χ1n) is 9.80. The number of hydrogen-bond donors (Lipinski definition) is 0. The Morgan fingerprint density at radius 1 is 1.17 bits per heavy atom. The smallest absolute Gasteiger partial charge is 0.272 e. The topological polar surface area (TPSA) is 72.9 Å². The van der Waals surface area contributed by atoms with E-state index in [1.54, 1.807) is 6.20 Å². The molecular weight excluding hydrogens is 368 g/mol. The van der Waals surface area contributed by atoms with Crippen LogP contribution in [0.25, 0.3) is 27.9 Å². The normalized spacial score (nSPS) is 15.2. The van der Waals surface area contributed by atoms with Crippen molar-refractivity contribution >= 4 is 22.7 Å². The number of imidazole rings is 1. The summed E-state index contributed by atoms with van der Waals surface area (Å²) in [7, 11) is 1.86. The maximum atomic E-state index is 13.1. The minimum atomic E-state index is -0.0240. The Hall–Kier alpha value is -3.19. The van der Waals surface area contributed by atoms with Crippen molar-refractivity contribution in [2.75, 3.05) is 20.3 Å². The summed E-state index contributed by atoms with van der Waals surface area (Å²) in [5, 5.41) is 0. The van der Waals surface area contributed by atoms with Crippen LogP contribution in [0, 0.1) is 6.92 Å². The average Bonchev–Trinajstić information content (AvgIpc) is 3.34. The van der Waals surface area contributed by atoms with E-state index in [4.69, 9.17) is 9.15 Å². The summed E-state index contributed by atoms with van der Waals surface area (Å²) in [6.45, 7) is 3.23. The fraction of sp³-hybridized carbons (Fsp3) is 0.318. The number of pyridine rings is 1. The molecule has 7 nitrogen and oxygen atoms in total. The molecule has 148 valence electrons. The molecule has 1 fully saturated rings. The van der Waals surface area contributed by atoms with Crippen molar-refractivity contribution in [3.63, 3.8) is 0 Å². The fourth-order valence-electron chi connectivity index (χ4n) is 3.95. The molecule has 0 spiro atoms. The molecule has 0 atom stereocenters. The summed E-state index contributed by atoms with van der Waals surface area (Å²) >= 11 is 0. The molecule has 29 heavy (non-hydrogen) atoms. The third kappa shape index (κ3) is 3.17. The van der Waals surface area contributed by atoms with Gasteiger partial charge >= 0.3 is 0 Å². The number of aryl methyl sites for hydroxylation is 1. The Morgan fingerprint density at radius 2 is 1.97 bits per heavy atom.